The molecule has 0 saturated heterocycles. The van der Waals surface area contributed by atoms with Crippen LogP contribution in [-0.4, -0.2) is 5.84 Å². The van der Waals surface area contributed by atoms with Gasteiger partial charge in [-0.15, -0.1) is 0 Å². The lowest BCUT2D eigenvalue weighted by Crippen LogP contribution is -2.14. The minimum Gasteiger partial charge on any atom is -0.281 e. The molecule has 0 heterocycles. The first-order valence-electron chi connectivity index (χ1n) is 5.31. The smallest absolute Gasteiger partial charge is 0.182 e. The van der Waals surface area contributed by atoms with E-state index in [0.29, 0.717) is 5.84 Å². The van der Waals surface area contributed by atoms with Crippen molar-refractivity contribution in [3.63, 3.8) is 0 Å². The lowest BCUT2D eigenvalue weighted by Gasteiger charge is -2.12. The Morgan fingerprint density at radius 2 is 2.12 bits per heavy atom. The fourth-order valence-corrected chi connectivity index (χ4v) is 1.77. The number of aryl methyl sites for hydroxylation is 2. The molecule has 3 heteroatoms. The average molecular weight is 215 g/mol. The molecule has 0 bridgehead atoms. The van der Waals surface area contributed by atoms with Crippen LogP contribution in [0.2, 0.25) is 0 Å². The first kappa shape index (κ1) is 12.3. The van der Waals surface area contributed by atoms with Gasteiger partial charge in [0.05, 0.1) is 6.04 Å². The van der Waals surface area contributed by atoms with E-state index in [9.17, 15) is 0 Å². The summed E-state index contributed by atoms with van der Waals surface area (Å²) in [6.07, 6.45) is 1.87. The third-order valence-corrected chi connectivity index (χ3v) is 2.50. The summed E-state index contributed by atoms with van der Waals surface area (Å²) in [5, 5.41) is 11.0. The summed E-state index contributed by atoms with van der Waals surface area (Å²) in [7, 11) is 0. The molecule has 1 rings (SSSR count). The fraction of sp³-hybridized carbons (Fsp3) is 0.385. The van der Waals surface area contributed by atoms with E-state index in [0.717, 1.165) is 0 Å². The first-order chi connectivity index (χ1) is 7.54. The minimum absolute atomic E-state index is 0.0708. The maximum absolute atomic E-state index is 8.47. The fourth-order valence-electron chi connectivity index (χ4n) is 1.77. The van der Waals surface area contributed by atoms with Crippen molar-refractivity contribution in [1.82, 2.24) is 5.32 Å². The molecule has 0 aliphatic carbocycles. The number of nitriles is 1. The number of nitrogens with zero attached hydrogens (tertiary/aromatic N) is 2. The third kappa shape index (κ3) is 3.09. The van der Waals surface area contributed by atoms with E-state index in [4.69, 9.17) is 5.26 Å². The van der Waals surface area contributed by atoms with Crippen molar-refractivity contribution in [2.75, 3.05) is 0 Å². The second kappa shape index (κ2) is 5.32. The molecule has 1 aromatic rings. The van der Waals surface area contributed by atoms with Crippen molar-refractivity contribution >= 4 is 5.84 Å². The lowest BCUT2D eigenvalue weighted by molar-refractivity contribution is 0.804. The van der Waals surface area contributed by atoms with E-state index in [1.54, 1.807) is 6.92 Å². The predicted octanol–water partition coefficient (Wildman–Crippen LogP) is 2.85. The van der Waals surface area contributed by atoms with Crippen LogP contribution in [0.3, 0.4) is 0 Å². The molecule has 1 N–H and O–H groups in total. The van der Waals surface area contributed by atoms with Gasteiger partial charge in [-0.2, -0.15) is 5.26 Å². The van der Waals surface area contributed by atoms with Gasteiger partial charge in [-0.3, -0.25) is 10.3 Å². The van der Waals surface area contributed by atoms with Gasteiger partial charge in [-0.25, -0.2) is 0 Å². The SMILES string of the molecule is CC(=NC(C)c1ccc(C)cc1C)NC#N. The maximum Gasteiger partial charge on any atom is 0.182 e. The highest BCUT2D eigenvalue weighted by atomic mass is 15.0. The van der Waals surface area contributed by atoms with Crippen LogP contribution >= 0.6 is 0 Å². The van der Waals surface area contributed by atoms with Gasteiger partial charge in [0, 0.05) is 0 Å². The number of aliphatic imine (C=N–C) groups is 1. The Hall–Kier alpha value is -1.82. The van der Waals surface area contributed by atoms with E-state index in [1.807, 2.05) is 13.1 Å². The largest absolute Gasteiger partial charge is 0.281 e. The van der Waals surface area contributed by atoms with Crippen LogP contribution in [0.1, 0.15) is 36.6 Å². The number of rotatable bonds is 2. The van der Waals surface area contributed by atoms with E-state index < -0.39 is 0 Å². The highest BCUT2D eigenvalue weighted by Gasteiger charge is 2.07. The number of amidine groups is 1. The lowest BCUT2D eigenvalue weighted by atomic mass is 10.0. The summed E-state index contributed by atoms with van der Waals surface area (Å²) in [5.74, 6) is 0.648. The normalized spacial score (nSPS) is 13.1. The molecule has 0 aromatic heterocycles. The Morgan fingerprint density at radius 3 is 2.69 bits per heavy atom. The molecular formula is C13H17N3. The Morgan fingerprint density at radius 1 is 1.44 bits per heavy atom. The van der Waals surface area contributed by atoms with Gasteiger partial charge in [0.1, 0.15) is 5.84 Å². The summed E-state index contributed by atoms with van der Waals surface area (Å²) in [5.41, 5.74) is 3.69. The number of nitrogens with one attached hydrogen (secondary N) is 1. The van der Waals surface area contributed by atoms with Gasteiger partial charge >= 0.3 is 0 Å². The second-order valence-electron chi connectivity index (χ2n) is 3.99. The molecule has 1 aromatic carbocycles. The molecule has 0 aliphatic heterocycles. The molecule has 1 unspecified atom stereocenters. The second-order valence-corrected chi connectivity index (χ2v) is 3.99. The zero-order valence-corrected chi connectivity index (χ0v) is 10.2. The molecule has 16 heavy (non-hydrogen) atoms. The molecule has 0 amide bonds. The molecule has 0 radical (unpaired) electrons. The van der Waals surface area contributed by atoms with Crippen molar-refractivity contribution in [1.29, 1.82) is 5.26 Å². The zero-order chi connectivity index (χ0) is 12.1. The van der Waals surface area contributed by atoms with Crippen molar-refractivity contribution in [3.8, 4) is 6.19 Å². The predicted molar refractivity (Wildman–Crippen MR) is 66.2 cm³/mol. The van der Waals surface area contributed by atoms with E-state index >= 15 is 0 Å². The van der Waals surface area contributed by atoms with E-state index in [-0.39, 0.29) is 6.04 Å². The first-order valence-corrected chi connectivity index (χ1v) is 5.31. The highest BCUT2D eigenvalue weighted by molar-refractivity contribution is 5.81. The van der Waals surface area contributed by atoms with Crippen LogP contribution in [0.4, 0.5) is 0 Å². The third-order valence-electron chi connectivity index (χ3n) is 2.50. The quantitative estimate of drug-likeness (QED) is 0.357. The average Bonchev–Trinajstić information content (AvgIpc) is 2.17. The van der Waals surface area contributed by atoms with Gasteiger partial charge in [0.2, 0.25) is 0 Å². The van der Waals surface area contributed by atoms with Crippen LogP contribution in [-0.2, 0) is 0 Å². The van der Waals surface area contributed by atoms with Crippen LogP contribution < -0.4 is 5.32 Å². The van der Waals surface area contributed by atoms with Crippen LogP contribution in [0.5, 0.6) is 0 Å². The van der Waals surface area contributed by atoms with Gasteiger partial charge in [-0.05, 0) is 38.8 Å². The van der Waals surface area contributed by atoms with Crippen LogP contribution in [0, 0.1) is 25.3 Å². The Kier molecular flexibility index (Phi) is 4.07. The standard InChI is InChI=1S/C13H17N3/c1-9-5-6-13(10(2)7-9)11(3)16-12(4)15-8-14/h5-7,11H,1-4H3,(H,15,16). The van der Waals surface area contributed by atoms with Gasteiger partial charge in [-0.1, -0.05) is 23.8 Å². The topological polar surface area (TPSA) is 48.2 Å². The van der Waals surface area contributed by atoms with Crippen molar-refractivity contribution < 1.29 is 0 Å². The van der Waals surface area contributed by atoms with E-state index in [1.165, 1.54) is 16.7 Å². The number of hydrogen-bond acceptors (Lipinski definition) is 2. The summed E-state index contributed by atoms with van der Waals surface area (Å²) in [6.45, 7) is 7.98. The summed E-state index contributed by atoms with van der Waals surface area (Å²) in [6, 6.07) is 6.40. The Bertz CT molecular complexity index is 441. The monoisotopic (exact) mass is 215 g/mol. The molecule has 0 spiro atoms. The zero-order valence-electron chi connectivity index (χ0n) is 10.2. The van der Waals surface area contributed by atoms with Crippen molar-refractivity contribution in [3.05, 3.63) is 34.9 Å². The molecular weight excluding hydrogens is 198 g/mol. The van der Waals surface area contributed by atoms with Crippen molar-refractivity contribution in [2.45, 2.75) is 33.7 Å². The molecule has 1 atom stereocenters. The van der Waals surface area contributed by atoms with Crippen LogP contribution in [0.25, 0.3) is 0 Å². The Balaban J connectivity index is 2.93. The highest BCUT2D eigenvalue weighted by Crippen LogP contribution is 2.21. The van der Waals surface area contributed by atoms with Gasteiger partial charge in [0.25, 0.3) is 0 Å². The van der Waals surface area contributed by atoms with Crippen LogP contribution in [0.15, 0.2) is 23.2 Å². The molecule has 0 fully saturated rings. The Labute approximate surface area is 96.8 Å². The molecule has 0 aliphatic rings. The summed E-state index contributed by atoms with van der Waals surface area (Å²) in [4.78, 5) is 4.41. The minimum atomic E-state index is 0.0708. The summed E-state index contributed by atoms with van der Waals surface area (Å²) >= 11 is 0. The molecule has 84 valence electrons. The van der Waals surface area contributed by atoms with Gasteiger partial charge in [0.15, 0.2) is 6.19 Å². The molecule has 0 saturated carbocycles. The maximum atomic E-state index is 8.47. The summed E-state index contributed by atoms with van der Waals surface area (Å²) < 4.78 is 0. The van der Waals surface area contributed by atoms with Gasteiger partial charge < -0.3 is 0 Å². The van der Waals surface area contributed by atoms with Crippen molar-refractivity contribution in [2.24, 2.45) is 4.99 Å². The van der Waals surface area contributed by atoms with E-state index in [2.05, 4.69) is 42.4 Å². The number of benzene rings is 1. The molecule has 3 nitrogen and oxygen atoms in total. The number of hydrogen-bond donors (Lipinski definition) is 1.